The van der Waals surface area contributed by atoms with Crippen LogP contribution in [0.4, 0.5) is 4.39 Å². The Kier molecular flexibility index (Phi) is 6.83. The van der Waals surface area contributed by atoms with Crippen LogP contribution in [0.3, 0.4) is 0 Å². The van der Waals surface area contributed by atoms with Gasteiger partial charge in [0, 0.05) is 5.56 Å². The summed E-state index contributed by atoms with van der Waals surface area (Å²) >= 11 is 0. The fourth-order valence-corrected chi connectivity index (χ4v) is 2.99. The molecular weight excluding hydrogens is 420 g/mol. The van der Waals surface area contributed by atoms with Crippen LogP contribution in [0.2, 0.25) is 0 Å². The fraction of sp³-hybridized carbons (Fsp3) is 0.318. The number of benzene rings is 2. The van der Waals surface area contributed by atoms with Gasteiger partial charge in [-0.3, -0.25) is 9.59 Å². The van der Waals surface area contributed by atoms with Crippen molar-refractivity contribution in [3.8, 4) is 5.75 Å². The number of carbonyl (C=O) groups is 3. The minimum atomic E-state index is -1.43. The van der Waals surface area contributed by atoms with E-state index >= 15 is 0 Å². The van der Waals surface area contributed by atoms with Gasteiger partial charge in [0.15, 0.2) is 0 Å². The molecule has 0 unspecified atom stereocenters. The predicted molar refractivity (Wildman–Crippen MR) is 112 cm³/mol. The van der Waals surface area contributed by atoms with Crippen molar-refractivity contribution in [1.82, 2.24) is 5.32 Å². The Balaban J connectivity index is 1.66. The molecule has 2 N–H and O–H groups in total. The number of carbonyl (C=O) groups excluding carboxylic acids is 3. The van der Waals surface area contributed by atoms with E-state index in [0.29, 0.717) is 5.56 Å². The molecule has 0 saturated heterocycles. The van der Waals surface area contributed by atoms with Gasteiger partial charge in [0.2, 0.25) is 6.79 Å². The van der Waals surface area contributed by atoms with Crippen LogP contribution in [0.5, 0.6) is 5.75 Å². The Morgan fingerprint density at radius 3 is 2.50 bits per heavy atom. The number of esters is 2. The lowest BCUT2D eigenvalue weighted by Gasteiger charge is -2.29. The summed E-state index contributed by atoms with van der Waals surface area (Å²) in [4.78, 5) is 36.6. The number of nitrogens with one attached hydrogen (secondary N) is 1. The molecule has 1 atom stereocenters. The number of hydrogen-bond acceptors (Lipinski definition) is 7. The average molecular weight is 443 g/mol. The van der Waals surface area contributed by atoms with Crippen LogP contribution in [-0.2, 0) is 20.7 Å². The molecule has 0 spiro atoms. The van der Waals surface area contributed by atoms with Gasteiger partial charge in [-0.25, -0.2) is 9.18 Å². The molecule has 1 amide bonds. The molecule has 0 fully saturated rings. The first-order chi connectivity index (χ1) is 15.1. The van der Waals surface area contributed by atoms with Crippen LogP contribution in [0, 0.1) is 11.2 Å². The molecule has 10 heteroatoms. The number of rotatable bonds is 5. The molecule has 1 aliphatic rings. The number of amides is 1. The average Bonchev–Trinajstić information content (AvgIpc) is 2.73. The minimum absolute atomic E-state index is 0.0525. The number of fused-ring (bicyclic) bond motifs is 1. The Morgan fingerprint density at radius 2 is 1.84 bits per heavy atom. The highest BCUT2D eigenvalue weighted by Gasteiger charge is 2.38. The lowest BCUT2D eigenvalue weighted by Crippen LogP contribution is -2.53. The first-order valence-electron chi connectivity index (χ1n) is 9.93. The zero-order valence-electron chi connectivity index (χ0n) is 17.9. The van der Waals surface area contributed by atoms with Crippen LogP contribution in [0.1, 0.15) is 47.1 Å². The van der Waals surface area contributed by atoms with Crippen molar-refractivity contribution in [2.75, 3.05) is 6.79 Å². The van der Waals surface area contributed by atoms with Gasteiger partial charge in [-0.1, -0.05) is 12.1 Å². The van der Waals surface area contributed by atoms with Gasteiger partial charge in [0.05, 0.1) is 11.4 Å². The number of halogens is 1. The van der Waals surface area contributed by atoms with Gasteiger partial charge in [0.25, 0.3) is 5.91 Å². The highest BCUT2D eigenvalue weighted by Crippen LogP contribution is 2.30. The zero-order valence-corrected chi connectivity index (χ0v) is 17.9. The molecule has 2 aromatic rings. The quantitative estimate of drug-likeness (QED) is 0.415. The maximum atomic E-state index is 13.1. The van der Waals surface area contributed by atoms with Gasteiger partial charge >= 0.3 is 19.1 Å². The van der Waals surface area contributed by atoms with Crippen molar-refractivity contribution in [3.05, 3.63) is 65.0 Å². The van der Waals surface area contributed by atoms with E-state index in [1.54, 1.807) is 32.9 Å². The summed E-state index contributed by atoms with van der Waals surface area (Å²) in [5.74, 6) is -2.95. The molecule has 1 heterocycles. The van der Waals surface area contributed by atoms with E-state index in [0.717, 1.165) is 12.1 Å². The lowest BCUT2D eigenvalue weighted by atomic mass is 9.72. The molecule has 168 valence electrons. The summed E-state index contributed by atoms with van der Waals surface area (Å²) < 4.78 is 28.5. The minimum Gasteiger partial charge on any atom is -0.534 e. The normalized spacial score (nSPS) is 15.3. The van der Waals surface area contributed by atoms with Crippen molar-refractivity contribution in [2.24, 2.45) is 5.41 Å². The first kappa shape index (κ1) is 23.3. The second-order valence-corrected chi connectivity index (χ2v) is 8.32. The van der Waals surface area contributed by atoms with Gasteiger partial charge in [-0.05, 0) is 63.1 Å². The molecule has 32 heavy (non-hydrogen) atoms. The third-order valence-corrected chi connectivity index (χ3v) is 4.75. The zero-order chi connectivity index (χ0) is 23.5. The topological polar surface area (TPSA) is 111 Å². The van der Waals surface area contributed by atoms with Crippen LogP contribution in [-0.4, -0.2) is 42.7 Å². The maximum Gasteiger partial charge on any atom is 0.547 e. The monoisotopic (exact) mass is 443 g/mol. The van der Waals surface area contributed by atoms with Gasteiger partial charge in [-0.15, -0.1) is 0 Å². The summed E-state index contributed by atoms with van der Waals surface area (Å²) in [5.41, 5.74) is 0.114. The number of hydrogen-bond donors (Lipinski definition) is 2. The summed E-state index contributed by atoms with van der Waals surface area (Å²) in [6, 6.07) is 9.73. The molecule has 0 saturated carbocycles. The van der Waals surface area contributed by atoms with Crippen molar-refractivity contribution in [2.45, 2.75) is 33.1 Å². The van der Waals surface area contributed by atoms with Gasteiger partial charge in [0.1, 0.15) is 17.1 Å². The SMILES string of the molecule is CC(C)(C)C(=O)OCOC(=O)c1cccc2c1OB(O)[C@@H](NC(=O)c1ccc(F)cc1)C2. The maximum absolute atomic E-state index is 13.1. The third kappa shape index (κ3) is 5.44. The fourth-order valence-electron chi connectivity index (χ4n) is 2.99. The molecule has 0 aliphatic carbocycles. The summed E-state index contributed by atoms with van der Waals surface area (Å²) in [6.07, 6.45) is 0.184. The van der Waals surface area contributed by atoms with Gasteiger partial charge in [-0.2, -0.15) is 0 Å². The van der Waals surface area contributed by atoms with Crippen molar-refractivity contribution >= 4 is 25.0 Å². The van der Waals surface area contributed by atoms with E-state index in [4.69, 9.17) is 14.1 Å². The predicted octanol–water partition coefficient (Wildman–Crippen LogP) is 2.28. The Bertz CT molecular complexity index is 1020. The standard InChI is InChI=1S/C22H23BFNO7/c1-22(2,3)21(28)31-12-30-20(27)16-6-4-5-14-11-17(23(29)32-18(14)16)25-19(26)13-7-9-15(24)10-8-13/h4-10,17,29H,11-12H2,1-3H3,(H,25,26)/t17-/m0/s1. The van der Waals surface area contributed by atoms with E-state index < -0.39 is 48.9 Å². The second-order valence-electron chi connectivity index (χ2n) is 8.32. The van der Waals surface area contributed by atoms with E-state index in [1.807, 2.05) is 0 Å². The van der Waals surface area contributed by atoms with Crippen LogP contribution in [0.25, 0.3) is 0 Å². The Labute approximate surface area is 184 Å². The number of para-hydroxylation sites is 1. The van der Waals surface area contributed by atoms with Crippen molar-refractivity contribution < 1.29 is 37.9 Å². The lowest BCUT2D eigenvalue weighted by molar-refractivity contribution is -0.161. The summed E-state index contributed by atoms with van der Waals surface area (Å²) in [7, 11) is -1.43. The Hall–Kier alpha value is -3.40. The van der Waals surface area contributed by atoms with E-state index in [2.05, 4.69) is 5.32 Å². The van der Waals surface area contributed by atoms with E-state index in [9.17, 15) is 23.8 Å². The second kappa shape index (κ2) is 9.39. The highest BCUT2D eigenvalue weighted by atomic mass is 19.1. The summed E-state index contributed by atoms with van der Waals surface area (Å²) in [5, 5.41) is 13.0. The third-order valence-electron chi connectivity index (χ3n) is 4.75. The molecular formula is C22H23BFNO7. The molecule has 2 aromatic carbocycles. The number of ether oxygens (including phenoxy) is 2. The molecule has 1 aliphatic heterocycles. The first-order valence-corrected chi connectivity index (χ1v) is 9.93. The molecule has 8 nitrogen and oxygen atoms in total. The smallest absolute Gasteiger partial charge is 0.534 e. The van der Waals surface area contributed by atoms with Crippen molar-refractivity contribution in [3.63, 3.8) is 0 Å². The van der Waals surface area contributed by atoms with Crippen LogP contribution in [0.15, 0.2) is 42.5 Å². The van der Waals surface area contributed by atoms with Crippen molar-refractivity contribution in [1.29, 1.82) is 0 Å². The van der Waals surface area contributed by atoms with Gasteiger partial charge < -0.3 is 24.5 Å². The Morgan fingerprint density at radius 1 is 1.16 bits per heavy atom. The highest BCUT2D eigenvalue weighted by molar-refractivity contribution is 6.47. The molecule has 0 aromatic heterocycles. The molecule has 0 radical (unpaired) electrons. The van der Waals surface area contributed by atoms with E-state index in [-0.39, 0.29) is 23.3 Å². The van der Waals surface area contributed by atoms with Crippen LogP contribution < -0.4 is 9.97 Å². The summed E-state index contributed by atoms with van der Waals surface area (Å²) in [6.45, 7) is 4.46. The molecule has 3 rings (SSSR count). The largest absolute Gasteiger partial charge is 0.547 e. The van der Waals surface area contributed by atoms with Crippen LogP contribution >= 0.6 is 0 Å². The van der Waals surface area contributed by atoms with E-state index in [1.165, 1.54) is 18.2 Å². The molecule has 0 bridgehead atoms.